The number of nitrogens with two attached hydrogens (primary N) is 1. The molecule has 3 N–H and O–H groups in total. The normalized spacial score (nSPS) is 10.9. The predicted molar refractivity (Wildman–Crippen MR) is 71.7 cm³/mol. The van der Waals surface area contributed by atoms with E-state index in [0.717, 1.165) is 47.1 Å². The van der Waals surface area contributed by atoms with Crippen LogP contribution in [0.25, 0.3) is 11.0 Å². The summed E-state index contributed by atoms with van der Waals surface area (Å²) >= 11 is 1.74. The van der Waals surface area contributed by atoms with Crippen molar-refractivity contribution in [1.82, 2.24) is 9.97 Å². The second kappa shape index (κ2) is 5.93. The zero-order chi connectivity index (χ0) is 12.1. The fourth-order valence-corrected chi connectivity index (χ4v) is 2.46. The van der Waals surface area contributed by atoms with Crippen LogP contribution in [0.1, 0.15) is 12.8 Å². The minimum atomic E-state index is 0.762. The number of hydrogen-bond acceptors (Lipinski definition) is 4. The summed E-state index contributed by atoms with van der Waals surface area (Å²) in [6.45, 7) is 0.762. The van der Waals surface area contributed by atoms with Crippen LogP contribution in [0.15, 0.2) is 23.4 Å². The number of nitrogens with one attached hydrogen (secondary N) is 1. The number of aromatic amines is 1. The van der Waals surface area contributed by atoms with Gasteiger partial charge in [0.25, 0.3) is 0 Å². The molecule has 0 amide bonds. The van der Waals surface area contributed by atoms with E-state index < -0.39 is 0 Å². The Balaban J connectivity index is 2.04. The highest BCUT2D eigenvalue weighted by Gasteiger charge is 2.04. The number of hydrogen-bond donors (Lipinski definition) is 2. The van der Waals surface area contributed by atoms with E-state index in [1.54, 1.807) is 18.9 Å². The van der Waals surface area contributed by atoms with Crippen LogP contribution in [0.5, 0.6) is 5.75 Å². The summed E-state index contributed by atoms with van der Waals surface area (Å²) in [6.07, 6.45) is 2.20. The average molecular weight is 251 g/mol. The molecule has 2 aromatic rings. The molecule has 1 aromatic heterocycles. The van der Waals surface area contributed by atoms with Crippen molar-refractivity contribution in [2.24, 2.45) is 5.73 Å². The van der Waals surface area contributed by atoms with Crippen LogP contribution in [-0.2, 0) is 0 Å². The van der Waals surface area contributed by atoms with E-state index in [2.05, 4.69) is 9.97 Å². The van der Waals surface area contributed by atoms with Gasteiger partial charge in [-0.15, -0.1) is 0 Å². The van der Waals surface area contributed by atoms with Gasteiger partial charge in [0.05, 0.1) is 18.1 Å². The Morgan fingerprint density at radius 2 is 2.29 bits per heavy atom. The summed E-state index contributed by atoms with van der Waals surface area (Å²) in [5.41, 5.74) is 7.45. The topological polar surface area (TPSA) is 63.9 Å². The molecule has 4 nitrogen and oxygen atoms in total. The minimum absolute atomic E-state index is 0.762. The number of ether oxygens (including phenoxy) is 1. The van der Waals surface area contributed by atoms with Gasteiger partial charge in [-0.3, -0.25) is 0 Å². The smallest absolute Gasteiger partial charge is 0.166 e. The summed E-state index contributed by atoms with van der Waals surface area (Å²) in [5, 5.41) is 0.963. The number of methoxy groups -OCH3 is 1. The Morgan fingerprint density at radius 1 is 1.41 bits per heavy atom. The molecular formula is C12H17N3OS. The van der Waals surface area contributed by atoms with Crippen LogP contribution >= 0.6 is 11.8 Å². The summed E-state index contributed by atoms with van der Waals surface area (Å²) in [7, 11) is 1.67. The lowest BCUT2D eigenvalue weighted by Crippen LogP contribution is -1.98. The van der Waals surface area contributed by atoms with Gasteiger partial charge < -0.3 is 15.5 Å². The second-order valence-electron chi connectivity index (χ2n) is 3.77. The highest BCUT2D eigenvalue weighted by atomic mass is 32.2. The zero-order valence-corrected chi connectivity index (χ0v) is 10.7. The van der Waals surface area contributed by atoms with Crippen LogP contribution in [0.4, 0.5) is 0 Å². The maximum Gasteiger partial charge on any atom is 0.166 e. The van der Waals surface area contributed by atoms with Crippen molar-refractivity contribution in [2.45, 2.75) is 18.0 Å². The van der Waals surface area contributed by atoms with Crippen molar-refractivity contribution in [3.8, 4) is 5.75 Å². The molecule has 0 saturated heterocycles. The van der Waals surface area contributed by atoms with Gasteiger partial charge in [0.2, 0.25) is 0 Å². The van der Waals surface area contributed by atoms with Crippen molar-refractivity contribution < 1.29 is 4.74 Å². The zero-order valence-electron chi connectivity index (χ0n) is 9.90. The van der Waals surface area contributed by atoms with Crippen molar-refractivity contribution in [3.05, 3.63) is 18.2 Å². The number of benzene rings is 1. The third kappa shape index (κ3) is 3.14. The maximum atomic E-state index is 5.45. The highest BCUT2D eigenvalue weighted by molar-refractivity contribution is 7.99. The molecule has 0 atom stereocenters. The van der Waals surface area contributed by atoms with Gasteiger partial charge in [-0.05, 0) is 31.5 Å². The van der Waals surface area contributed by atoms with E-state index in [-0.39, 0.29) is 0 Å². The first-order valence-electron chi connectivity index (χ1n) is 5.70. The first-order chi connectivity index (χ1) is 8.33. The van der Waals surface area contributed by atoms with Gasteiger partial charge in [-0.1, -0.05) is 11.8 Å². The number of unbranched alkanes of at least 4 members (excludes halogenated alkanes) is 1. The van der Waals surface area contributed by atoms with Gasteiger partial charge in [0, 0.05) is 11.8 Å². The average Bonchev–Trinajstić information content (AvgIpc) is 2.76. The molecule has 0 unspecified atom stereocenters. The van der Waals surface area contributed by atoms with Crippen LogP contribution in [0.2, 0.25) is 0 Å². The SMILES string of the molecule is COc1ccc2nc(SCCCCN)[nH]c2c1. The van der Waals surface area contributed by atoms with Crippen LogP contribution in [0, 0.1) is 0 Å². The van der Waals surface area contributed by atoms with Crippen molar-refractivity contribution in [1.29, 1.82) is 0 Å². The molecule has 0 aliphatic heterocycles. The largest absolute Gasteiger partial charge is 0.497 e. The van der Waals surface area contributed by atoms with E-state index in [4.69, 9.17) is 10.5 Å². The fraction of sp³-hybridized carbons (Fsp3) is 0.417. The molecule has 0 spiro atoms. The first kappa shape index (κ1) is 12.3. The third-order valence-corrected chi connectivity index (χ3v) is 3.46. The number of rotatable bonds is 6. The van der Waals surface area contributed by atoms with Crippen molar-refractivity contribution >= 4 is 22.8 Å². The van der Waals surface area contributed by atoms with Gasteiger partial charge >= 0.3 is 0 Å². The molecule has 1 heterocycles. The van der Waals surface area contributed by atoms with Crippen LogP contribution in [0.3, 0.4) is 0 Å². The Bertz CT molecular complexity index is 484. The fourth-order valence-electron chi connectivity index (χ4n) is 1.58. The molecular weight excluding hydrogens is 234 g/mol. The summed E-state index contributed by atoms with van der Waals surface area (Å²) in [4.78, 5) is 7.79. The standard InChI is InChI=1S/C12H17N3OS/c1-16-9-4-5-10-11(8-9)15-12(14-10)17-7-3-2-6-13/h4-5,8H,2-3,6-7,13H2,1H3,(H,14,15). The summed E-state index contributed by atoms with van der Waals surface area (Å²) < 4.78 is 5.18. The Labute approximate surface area is 105 Å². The van der Waals surface area contributed by atoms with E-state index in [9.17, 15) is 0 Å². The number of thioether (sulfide) groups is 1. The van der Waals surface area contributed by atoms with Gasteiger partial charge in [-0.25, -0.2) is 4.98 Å². The lowest BCUT2D eigenvalue weighted by Gasteiger charge is -1.96. The number of H-pyrrole nitrogens is 1. The van der Waals surface area contributed by atoms with E-state index in [1.165, 1.54) is 0 Å². The predicted octanol–water partition coefficient (Wildman–Crippen LogP) is 2.40. The molecule has 5 heteroatoms. The quantitative estimate of drug-likeness (QED) is 0.611. The lowest BCUT2D eigenvalue weighted by molar-refractivity contribution is 0.415. The number of aromatic nitrogens is 2. The number of imidazole rings is 1. The van der Waals surface area contributed by atoms with E-state index in [0.29, 0.717) is 0 Å². The Hall–Kier alpha value is -1.20. The molecule has 92 valence electrons. The number of fused-ring (bicyclic) bond motifs is 1. The van der Waals surface area contributed by atoms with Crippen molar-refractivity contribution in [3.63, 3.8) is 0 Å². The maximum absolute atomic E-state index is 5.45. The molecule has 0 radical (unpaired) electrons. The molecule has 0 aliphatic rings. The summed E-state index contributed by atoms with van der Waals surface area (Å²) in [5.74, 6) is 1.90. The molecule has 0 fully saturated rings. The summed E-state index contributed by atoms with van der Waals surface area (Å²) in [6, 6.07) is 5.85. The van der Waals surface area contributed by atoms with E-state index in [1.807, 2.05) is 18.2 Å². The minimum Gasteiger partial charge on any atom is -0.497 e. The Kier molecular flexibility index (Phi) is 4.28. The molecule has 17 heavy (non-hydrogen) atoms. The van der Waals surface area contributed by atoms with Gasteiger partial charge in [-0.2, -0.15) is 0 Å². The Morgan fingerprint density at radius 3 is 3.06 bits per heavy atom. The van der Waals surface area contributed by atoms with Crippen molar-refractivity contribution in [2.75, 3.05) is 19.4 Å². The first-order valence-corrected chi connectivity index (χ1v) is 6.68. The van der Waals surface area contributed by atoms with E-state index >= 15 is 0 Å². The lowest BCUT2D eigenvalue weighted by atomic mass is 10.3. The molecule has 2 rings (SSSR count). The molecule has 1 aromatic carbocycles. The molecule has 0 saturated carbocycles. The number of nitrogens with zero attached hydrogens (tertiary/aromatic N) is 1. The highest BCUT2D eigenvalue weighted by Crippen LogP contribution is 2.23. The van der Waals surface area contributed by atoms with Gasteiger partial charge in [0.1, 0.15) is 5.75 Å². The third-order valence-electron chi connectivity index (χ3n) is 2.50. The van der Waals surface area contributed by atoms with Gasteiger partial charge in [0.15, 0.2) is 5.16 Å². The molecule has 0 bridgehead atoms. The molecule has 0 aliphatic carbocycles. The second-order valence-corrected chi connectivity index (χ2v) is 4.85. The monoisotopic (exact) mass is 251 g/mol. The van der Waals surface area contributed by atoms with Crippen LogP contribution in [-0.4, -0.2) is 29.4 Å². The van der Waals surface area contributed by atoms with Crippen LogP contribution < -0.4 is 10.5 Å².